The van der Waals surface area contributed by atoms with Gasteiger partial charge in [-0.3, -0.25) is 48.1 Å². The van der Waals surface area contributed by atoms with E-state index in [-0.39, 0.29) is 117 Å². The number of nitrogens with zero attached hydrogens (tertiary/aromatic N) is 1. The summed E-state index contributed by atoms with van der Waals surface area (Å²) < 4.78 is 53.9. The first-order chi connectivity index (χ1) is 49.6. The second-order valence-electron chi connectivity index (χ2n) is 24.0. The number of likely N-dealkylation sites (N-methyl/N-ethyl adjacent to an activating group) is 1. The largest absolute Gasteiger partial charge is 0.502 e. The second kappa shape index (κ2) is 35.2. The molecule has 0 aliphatic carbocycles. The van der Waals surface area contributed by atoms with Crippen molar-refractivity contribution < 1.29 is 100 Å². The van der Waals surface area contributed by atoms with E-state index >= 15 is 24.0 Å². The van der Waals surface area contributed by atoms with Gasteiger partial charge in [-0.2, -0.15) is 0 Å². The van der Waals surface area contributed by atoms with Gasteiger partial charge in [0.15, 0.2) is 29.7 Å². The fourth-order valence-electron chi connectivity index (χ4n) is 11.3. The molecule has 9 atom stereocenters. The standard InChI is InChI=1S/C73H76Cl2N8O21/c1-11-22-96-43-33-45-57(53(34-43)98-24-13-3)44-28-39(16-19-50(44)97-23-12-2)58-68(90)82-62(71(93)80-60(45)72(94)99-25-14-4)65(102-38(9)85)41-18-21-52(47(75)30-41)104-55-32-42-31-54(63(55)87)103-51-20-17-40(29-46(51)74)64(101-37(8)84)61(81-67(89)49(27-36(6)7)83(10)73(95)100-26-15-5)70(92)77-48(35-56(76)86)66(88)78-59(42)69(91)79-58/h11-21,28-34,36,48-49,58-62,64-65,87H,1-5,22-27,35H2,6-10H3,(H2,76,86)(H,77,92)(H,78,88)(H,79,91)(H,80,93)(H,81,89)(H,82,90)/t48-,49+,58+,59+,60-,61+,62-,64+,65+/m0/s1. The van der Waals surface area contributed by atoms with Crippen LogP contribution in [0, 0.1) is 5.92 Å². The van der Waals surface area contributed by atoms with Crippen molar-refractivity contribution in [2.45, 2.75) is 95.0 Å². The highest BCUT2D eigenvalue weighted by molar-refractivity contribution is 6.32. The molecular formula is C73H76Cl2N8O21. The molecule has 8 amide bonds. The van der Waals surface area contributed by atoms with Crippen LogP contribution in [0.4, 0.5) is 4.79 Å². The number of benzene rings is 5. The van der Waals surface area contributed by atoms with Gasteiger partial charge in [0.05, 0.1) is 16.5 Å². The third kappa shape index (κ3) is 18.8. The number of fused-ring (bicyclic) bond motifs is 15. The number of phenols is 1. The van der Waals surface area contributed by atoms with Crippen LogP contribution in [0.25, 0.3) is 11.1 Å². The summed E-state index contributed by atoms with van der Waals surface area (Å²) in [5.74, 6) is -14.8. The van der Waals surface area contributed by atoms with Gasteiger partial charge in [-0.05, 0) is 89.2 Å². The zero-order valence-electron chi connectivity index (χ0n) is 57.0. The Morgan fingerprint density at radius 2 is 1.14 bits per heavy atom. The summed E-state index contributed by atoms with van der Waals surface area (Å²) in [6, 6.07) is 2.41. The van der Waals surface area contributed by atoms with E-state index in [0.29, 0.717) is 0 Å². The molecule has 0 radical (unpaired) electrons. The Morgan fingerprint density at radius 3 is 1.72 bits per heavy atom. The molecule has 10 rings (SSSR count). The molecule has 5 heterocycles. The quantitative estimate of drug-likeness (QED) is 0.0176. The van der Waals surface area contributed by atoms with E-state index in [9.17, 15) is 33.9 Å². The summed E-state index contributed by atoms with van der Waals surface area (Å²) in [6.45, 7) is 22.9. The van der Waals surface area contributed by atoms with Gasteiger partial charge >= 0.3 is 24.0 Å². The molecule has 0 fully saturated rings. The van der Waals surface area contributed by atoms with Crippen molar-refractivity contribution in [1.29, 1.82) is 0 Å². The van der Waals surface area contributed by atoms with E-state index in [4.69, 9.17) is 71.6 Å². The Hall–Kier alpha value is -11.9. The van der Waals surface area contributed by atoms with Crippen LogP contribution in [0.1, 0.15) is 98.7 Å². The zero-order chi connectivity index (χ0) is 75.8. The van der Waals surface area contributed by atoms with E-state index < -0.39 is 150 Å². The number of phenolic OH excluding ortho intramolecular Hbond substituents is 1. The number of primary amides is 1. The Balaban J connectivity index is 1.43. The van der Waals surface area contributed by atoms with Gasteiger partial charge in [0, 0.05) is 43.7 Å². The summed E-state index contributed by atoms with van der Waals surface area (Å²) >= 11 is 14.1. The lowest BCUT2D eigenvalue weighted by Crippen LogP contribution is -2.60. The number of rotatable bonds is 23. The van der Waals surface area contributed by atoms with E-state index in [1.165, 1.54) is 104 Å². The normalized spacial score (nSPS) is 19.4. The summed E-state index contributed by atoms with van der Waals surface area (Å²) in [7, 11) is 1.26. The van der Waals surface area contributed by atoms with Crippen molar-refractivity contribution >= 4 is 88.6 Å². The van der Waals surface area contributed by atoms with Crippen LogP contribution >= 0.6 is 23.2 Å². The number of esters is 3. The molecule has 548 valence electrons. The first-order valence-electron chi connectivity index (χ1n) is 32.2. The first kappa shape index (κ1) is 77.9. The number of carbonyl (C=O) groups excluding carboxylic acids is 11. The number of hydrogen-bond donors (Lipinski definition) is 8. The van der Waals surface area contributed by atoms with Crippen LogP contribution in [0.5, 0.6) is 46.0 Å². The number of carbonyl (C=O) groups is 11. The number of hydrogen-bond acceptors (Lipinski definition) is 21. The molecule has 5 aliphatic heterocycles. The molecule has 29 nitrogen and oxygen atoms in total. The van der Waals surface area contributed by atoms with Gasteiger partial charge < -0.3 is 85.4 Å². The van der Waals surface area contributed by atoms with E-state index in [0.717, 1.165) is 30.9 Å². The lowest BCUT2D eigenvalue weighted by atomic mass is 9.89. The van der Waals surface area contributed by atoms with E-state index in [2.05, 4.69) is 64.8 Å². The van der Waals surface area contributed by atoms with Crippen LogP contribution < -0.4 is 61.3 Å². The first-order valence-corrected chi connectivity index (χ1v) is 32.9. The molecule has 5 aliphatic rings. The molecule has 104 heavy (non-hydrogen) atoms. The minimum absolute atomic E-state index is 0.0119. The van der Waals surface area contributed by atoms with Gasteiger partial charge in [-0.25, -0.2) is 9.59 Å². The average molecular weight is 1470 g/mol. The Kier molecular flexibility index (Phi) is 26.3. The van der Waals surface area contributed by atoms with Crippen molar-refractivity contribution in [1.82, 2.24) is 36.8 Å². The Labute approximate surface area is 606 Å². The minimum atomic E-state index is -2.23. The lowest BCUT2D eigenvalue weighted by molar-refractivity contribution is -0.154. The highest BCUT2D eigenvalue weighted by Crippen LogP contribution is 2.49. The van der Waals surface area contributed by atoms with Gasteiger partial charge in [0.1, 0.15) is 98.0 Å². The molecule has 0 saturated carbocycles. The zero-order valence-corrected chi connectivity index (χ0v) is 58.6. The predicted molar refractivity (Wildman–Crippen MR) is 375 cm³/mol. The lowest BCUT2D eigenvalue weighted by Gasteiger charge is -2.33. The number of ether oxygens (including phenoxy) is 9. The number of aromatic hydroxyl groups is 1. The van der Waals surface area contributed by atoms with Crippen molar-refractivity contribution in [3.63, 3.8) is 0 Å². The Bertz CT molecular complexity index is 4260. The van der Waals surface area contributed by atoms with Crippen LogP contribution in [0.3, 0.4) is 0 Å². The summed E-state index contributed by atoms with van der Waals surface area (Å²) in [5, 5.41) is 27.2. The monoisotopic (exact) mass is 1470 g/mol. The number of halogens is 2. The molecule has 11 bridgehead atoms. The fourth-order valence-corrected chi connectivity index (χ4v) is 11.8. The third-order valence-corrected chi connectivity index (χ3v) is 16.5. The highest BCUT2D eigenvalue weighted by atomic mass is 35.5. The summed E-state index contributed by atoms with van der Waals surface area (Å²) in [6.07, 6.45) is 0.949. The van der Waals surface area contributed by atoms with Crippen molar-refractivity contribution in [2.24, 2.45) is 11.7 Å². The molecule has 5 aromatic carbocycles. The molecule has 0 aromatic heterocycles. The summed E-state index contributed by atoms with van der Waals surface area (Å²) in [4.78, 5) is 162. The molecule has 0 unspecified atom stereocenters. The fraction of sp³-hybridized carbons (Fsp3) is 0.301. The van der Waals surface area contributed by atoms with Crippen LogP contribution in [0.2, 0.25) is 10.0 Å². The molecule has 5 aromatic rings. The topological polar surface area (TPSA) is 393 Å². The van der Waals surface area contributed by atoms with Crippen molar-refractivity contribution in [2.75, 3.05) is 40.1 Å². The Morgan fingerprint density at radius 1 is 0.606 bits per heavy atom. The van der Waals surface area contributed by atoms with Gasteiger partial charge in [0.2, 0.25) is 47.1 Å². The van der Waals surface area contributed by atoms with E-state index in [1.807, 2.05) is 0 Å². The molecule has 31 heteroatoms. The van der Waals surface area contributed by atoms with Gasteiger partial charge in [-0.1, -0.05) is 119 Å². The third-order valence-electron chi connectivity index (χ3n) is 15.9. The van der Waals surface area contributed by atoms with Crippen LogP contribution in [0.15, 0.2) is 142 Å². The SMILES string of the molecule is C=CCOC(=O)[C@H]1NC(=O)[C@H]2NC(=O)[C@H](NC(=O)[C@@H]3NC(=O)[C@H](CC(N)=O)NC(=O)[C@H](NC(=O)[C@@H](CC(C)C)N(C)C(=O)OCC=C)[C@H](OC(C)=O)c4ccc(c(Cl)c4)Oc4cc3cc(c4O)Oc3ccc(cc3Cl)[C@H]2OC(C)=O)c2ccc(OCC=C)c(c2)-c2c(OCC=C)cc(OCC=C)cc21. The molecule has 0 spiro atoms. The van der Waals surface area contributed by atoms with Crippen molar-refractivity contribution in [3.8, 4) is 57.1 Å². The maximum Gasteiger partial charge on any atom is 0.410 e. The van der Waals surface area contributed by atoms with Crippen molar-refractivity contribution in [3.05, 3.63) is 180 Å². The molecule has 0 saturated heterocycles. The number of nitrogens with one attached hydrogen (secondary N) is 6. The average Bonchev–Trinajstić information content (AvgIpc) is 0.767. The van der Waals surface area contributed by atoms with Crippen LogP contribution in [-0.2, 0) is 66.9 Å². The predicted octanol–water partition coefficient (Wildman–Crippen LogP) is 7.79. The number of nitrogens with two attached hydrogens (primary N) is 1. The summed E-state index contributed by atoms with van der Waals surface area (Å²) in [5.41, 5.74) is 4.98. The maximum atomic E-state index is 16.1. The van der Waals surface area contributed by atoms with Crippen LogP contribution in [-0.4, -0.2) is 140 Å². The smallest absolute Gasteiger partial charge is 0.410 e. The number of amides is 8. The molecule has 9 N–H and O–H groups in total. The maximum absolute atomic E-state index is 16.1. The second-order valence-corrected chi connectivity index (χ2v) is 24.8. The highest BCUT2D eigenvalue weighted by Gasteiger charge is 2.45. The molecular weight excluding hydrogens is 1400 g/mol. The van der Waals surface area contributed by atoms with Gasteiger partial charge in [-0.15, -0.1) is 0 Å². The minimum Gasteiger partial charge on any atom is -0.502 e. The van der Waals surface area contributed by atoms with Gasteiger partial charge in [0.25, 0.3) is 0 Å². The van der Waals surface area contributed by atoms with E-state index in [1.54, 1.807) is 13.8 Å².